The van der Waals surface area contributed by atoms with Crippen molar-refractivity contribution in [2.45, 2.75) is 187 Å². The molecule has 1 N–H and O–H groups in total. The lowest BCUT2D eigenvalue weighted by Crippen LogP contribution is -2.12. The fraction of sp³-hybridized carbons (Fsp3) is 0.939. The summed E-state index contributed by atoms with van der Waals surface area (Å²) < 4.78 is 35.7. The lowest BCUT2D eigenvalue weighted by atomic mass is 9.99. The summed E-state index contributed by atoms with van der Waals surface area (Å²) >= 11 is 0. The Labute approximate surface area is 239 Å². The molecule has 0 aliphatic heterocycles. The molecule has 1 unspecified atom stereocenters. The van der Waals surface area contributed by atoms with Crippen molar-refractivity contribution in [1.29, 1.82) is 0 Å². The van der Waals surface area contributed by atoms with Crippen LogP contribution in [0.25, 0.3) is 0 Å². The van der Waals surface area contributed by atoms with Crippen LogP contribution in [0.4, 0.5) is 0 Å². The van der Waals surface area contributed by atoms with Crippen LogP contribution in [0.5, 0.6) is 0 Å². The van der Waals surface area contributed by atoms with Gasteiger partial charge in [0.05, 0.1) is 6.61 Å². The molecule has 38 heavy (non-hydrogen) atoms. The summed E-state index contributed by atoms with van der Waals surface area (Å²) in [5.74, 6) is 0.0577. The fourth-order valence-electron chi connectivity index (χ4n) is 5.22. The van der Waals surface area contributed by atoms with Crippen LogP contribution in [0.1, 0.15) is 187 Å². The summed E-state index contributed by atoms with van der Waals surface area (Å²) in [4.78, 5) is 0. The Bertz CT molecular complexity index is 588. The van der Waals surface area contributed by atoms with E-state index in [2.05, 4.69) is 26.0 Å². The second-order valence-electron chi connectivity index (χ2n) is 11.6. The van der Waals surface area contributed by atoms with Gasteiger partial charge in [-0.2, -0.15) is 8.42 Å². The van der Waals surface area contributed by atoms with Crippen LogP contribution in [0, 0.1) is 5.92 Å². The summed E-state index contributed by atoms with van der Waals surface area (Å²) in [5, 5.41) is 0. The Morgan fingerprint density at radius 1 is 0.553 bits per heavy atom. The van der Waals surface area contributed by atoms with Crippen molar-refractivity contribution in [3.8, 4) is 0 Å². The van der Waals surface area contributed by atoms with Gasteiger partial charge >= 0.3 is 10.4 Å². The van der Waals surface area contributed by atoms with Crippen molar-refractivity contribution in [1.82, 2.24) is 0 Å². The predicted molar refractivity (Wildman–Crippen MR) is 166 cm³/mol. The molecular formula is C33H66O4S. The molecule has 0 radical (unpaired) electrons. The van der Waals surface area contributed by atoms with Gasteiger partial charge in [0.1, 0.15) is 0 Å². The molecule has 0 fully saturated rings. The van der Waals surface area contributed by atoms with Crippen LogP contribution in [0.15, 0.2) is 12.2 Å². The Hall–Kier alpha value is -0.390. The number of rotatable bonds is 31. The zero-order valence-corrected chi connectivity index (χ0v) is 26.4. The van der Waals surface area contributed by atoms with Gasteiger partial charge in [0, 0.05) is 5.92 Å². The molecule has 4 nitrogen and oxygen atoms in total. The zero-order chi connectivity index (χ0) is 28.0. The van der Waals surface area contributed by atoms with Crippen molar-refractivity contribution >= 4 is 10.4 Å². The highest BCUT2D eigenvalue weighted by atomic mass is 32.3. The van der Waals surface area contributed by atoms with Crippen molar-refractivity contribution < 1.29 is 17.2 Å². The number of hydrogen-bond acceptors (Lipinski definition) is 3. The lowest BCUT2D eigenvalue weighted by Gasteiger charge is -2.12. The van der Waals surface area contributed by atoms with Crippen LogP contribution in [0.2, 0.25) is 0 Å². The highest BCUT2D eigenvalue weighted by molar-refractivity contribution is 7.80. The maximum Gasteiger partial charge on any atom is 0.397 e. The first-order chi connectivity index (χ1) is 18.5. The van der Waals surface area contributed by atoms with Crippen LogP contribution < -0.4 is 0 Å². The molecular weight excluding hydrogens is 492 g/mol. The van der Waals surface area contributed by atoms with Gasteiger partial charge in [-0.25, -0.2) is 4.18 Å². The Morgan fingerprint density at radius 3 is 1.26 bits per heavy atom. The first-order valence-electron chi connectivity index (χ1n) is 16.8. The van der Waals surface area contributed by atoms with Crippen LogP contribution in [-0.2, 0) is 14.6 Å². The Balaban J connectivity index is 3.73. The minimum absolute atomic E-state index is 0.0472. The standard InChI is InChI=1S/C33H66O4S/c1-3-5-7-9-11-13-15-16-17-18-19-20-21-23-25-27-29-31-33(32-37-38(34,35)36)30-28-26-24-22-14-12-10-8-6-4-2/h28,30,33H,3-27,29,31-32H2,1-2H3,(H,34,35,36)/b30-28+. The van der Waals surface area contributed by atoms with E-state index in [1.165, 1.54) is 154 Å². The van der Waals surface area contributed by atoms with Crippen LogP contribution in [0.3, 0.4) is 0 Å². The van der Waals surface area contributed by atoms with Crippen molar-refractivity contribution in [2.24, 2.45) is 5.92 Å². The molecule has 228 valence electrons. The first kappa shape index (κ1) is 37.6. The molecule has 0 bridgehead atoms. The zero-order valence-electron chi connectivity index (χ0n) is 25.6. The summed E-state index contributed by atoms with van der Waals surface area (Å²) in [5.41, 5.74) is 0. The van der Waals surface area contributed by atoms with Gasteiger partial charge in [-0.1, -0.05) is 180 Å². The van der Waals surface area contributed by atoms with E-state index in [-0.39, 0.29) is 12.5 Å². The molecule has 0 saturated heterocycles. The van der Waals surface area contributed by atoms with Crippen LogP contribution >= 0.6 is 0 Å². The largest absolute Gasteiger partial charge is 0.397 e. The third-order valence-corrected chi connectivity index (χ3v) is 8.18. The summed E-state index contributed by atoms with van der Waals surface area (Å²) in [6, 6.07) is 0. The average molecular weight is 559 g/mol. The average Bonchev–Trinajstić information content (AvgIpc) is 2.89. The molecule has 1 atom stereocenters. The fourth-order valence-corrected chi connectivity index (χ4v) is 5.57. The number of allylic oxidation sites excluding steroid dienone is 1. The normalized spacial score (nSPS) is 13.0. The van der Waals surface area contributed by atoms with E-state index >= 15 is 0 Å². The van der Waals surface area contributed by atoms with Gasteiger partial charge in [-0.15, -0.1) is 0 Å². The summed E-state index contributed by atoms with van der Waals surface area (Å²) in [6.45, 7) is 4.58. The molecule has 0 rings (SSSR count). The molecule has 0 spiro atoms. The quantitative estimate of drug-likeness (QED) is 0.0522. The van der Waals surface area contributed by atoms with E-state index in [1.54, 1.807) is 0 Å². The monoisotopic (exact) mass is 558 g/mol. The molecule has 0 saturated carbocycles. The molecule has 0 aromatic heterocycles. The van der Waals surface area contributed by atoms with Gasteiger partial charge in [-0.3, -0.25) is 4.55 Å². The highest BCUT2D eigenvalue weighted by Gasteiger charge is 2.11. The number of hydrogen-bond donors (Lipinski definition) is 1. The first-order valence-corrected chi connectivity index (χ1v) is 18.1. The van der Waals surface area contributed by atoms with E-state index in [9.17, 15) is 8.42 Å². The topological polar surface area (TPSA) is 63.6 Å². The molecule has 0 aliphatic carbocycles. The minimum atomic E-state index is -4.37. The van der Waals surface area contributed by atoms with Gasteiger partial charge in [0.15, 0.2) is 0 Å². The third-order valence-electron chi connectivity index (χ3n) is 7.74. The summed E-state index contributed by atoms with van der Waals surface area (Å²) in [6.07, 6.45) is 39.8. The molecule has 0 aliphatic rings. The Morgan fingerprint density at radius 2 is 0.895 bits per heavy atom. The van der Waals surface area contributed by atoms with Crippen LogP contribution in [-0.4, -0.2) is 19.6 Å². The van der Waals surface area contributed by atoms with E-state index in [0.29, 0.717) is 0 Å². The second kappa shape index (κ2) is 29.6. The van der Waals surface area contributed by atoms with Gasteiger partial charge in [0.2, 0.25) is 0 Å². The van der Waals surface area contributed by atoms with Crippen molar-refractivity contribution in [2.75, 3.05) is 6.61 Å². The predicted octanol–water partition coefficient (Wildman–Crippen LogP) is 11.6. The van der Waals surface area contributed by atoms with E-state index in [0.717, 1.165) is 19.3 Å². The smallest absolute Gasteiger partial charge is 0.264 e. The molecule has 5 heteroatoms. The molecule has 0 amide bonds. The maximum absolute atomic E-state index is 11.0. The highest BCUT2D eigenvalue weighted by Crippen LogP contribution is 2.18. The minimum Gasteiger partial charge on any atom is -0.264 e. The van der Waals surface area contributed by atoms with Gasteiger partial charge in [-0.05, 0) is 19.3 Å². The SMILES string of the molecule is CCCCCCCCCC/C=C/C(CCCCCCCCCCCCCCCCCCC)COS(=O)(=O)O. The third kappa shape index (κ3) is 31.8. The molecule has 0 aromatic carbocycles. The lowest BCUT2D eigenvalue weighted by molar-refractivity contribution is 0.234. The van der Waals surface area contributed by atoms with E-state index < -0.39 is 10.4 Å². The molecule has 0 heterocycles. The Kier molecular flexibility index (Phi) is 29.3. The second-order valence-corrected chi connectivity index (χ2v) is 12.7. The summed E-state index contributed by atoms with van der Waals surface area (Å²) in [7, 11) is -4.37. The van der Waals surface area contributed by atoms with Crippen molar-refractivity contribution in [3.63, 3.8) is 0 Å². The van der Waals surface area contributed by atoms with Gasteiger partial charge in [0.25, 0.3) is 0 Å². The molecule has 0 aromatic rings. The van der Waals surface area contributed by atoms with Crippen molar-refractivity contribution in [3.05, 3.63) is 12.2 Å². The van der Waals surface area contributed by atoms with Gasteiger partial charge < -0.3 is 0 Å². The number of unbranched alkanes of at least 4 members (excludes halogenated alkanes) is 24. The van der Waals surface area contributed by atoms with E-state index in [1.807, 2.05) is 0 Å². The maximum atomic E-state index is 11.0. The van der Waals surface area contributed by atoms with E-state index in [4.69, 9.17) is 8.74 Å².